The molecule has 0 aliphatic carbocycles. The first-order valence-electron chi connectivity index (χ1n) is 6.28. The molecule has 2 heterocycles. The van der Waals surface area contributed by atoms with E-state index in [0.717, 1.165) is 5.82 Å². The summed E-state index contributed by atoms with van der Waals surface area (Å²) in [7, 11) is 1.92. The predicted octanol–water partition coefficient (Wildman–Crippen LogP) is 0.764. The molecule has 0 unspecified atom stereocenters. The lowest BCUT2D eigenvalue weighted by atomic mass is 10.4. The van der Waals surface area contributed by atoms with Crippen LogP contribution < -0.4 is 9.64 Å². The molecule has 2 rings (SSSR count). The van der Waals surface area contributed by atoms with Crippen molar-refractivity contribution in [3.8, 4) is 5.88 Å². The molecule has 0 saturated carbocycles. The van der Waals surface area contributed by atoms with Gasteiger partial charge in [0.05, 0.1) is 13.2 Å². The Hall–Kier alpha value is -2.05. The van der Waals surface area contributed by atoms with Gasteiger partial charge in [0.1, 0.15) is 18.8 Å². The zero-order valence-corrected chi connectivity index (χ0v) is 11.2. The van der Waals surface area contributed by atoms with Crippen LogP contribution in [-0.4, -0.2) is 60.9 Å². The minimum absolute atomic E-state index is 0.244. The molecule has 1 saturated heterocycles. The number of carbonyl (C=O) groups excluding carboxylic acids is 1. The largest absolute Gasteiger partial charge is 0.478 e. The number of amides is 1. The van der Waals surface area contributed by atoms with Crippen molar-refractivity contribution in [2.75, 3.05) is 44.8 Å². The van der Waals surface area contributed by atoms with Crippen molar-refractivity contribution in [3.63, 3.8) is 0 Å². The molecule has 1 aromatic rings. The topological polar surface area (TPSA) is 67.8 Å². The highest BCUT2D eigenvalue weighted by atomic mass is 16.6. The maximum absolute atomic E-state index is 11.3. The van der Waals surface area contributed by atoms with Crippen molar-refractivity contribution in [1.82, 2.24) is 14.9 Å². The summed E-state index contributed by atoms with van der Waals surface area (Å²) in [6, 6.07) is 1.78. The Morgan fingerprint density at radius 2 is 2.37 bits per heavy atom. The standard InChI is InChI=1S/C12H18N4O3/c1-3-18-11-8-10(13-9-14-11)15(2)4-5-16-6-7-19-12(16)17/h8-9H,3-7H2,1-2H3. The number of hydrogen-bond donors (Lipinski definition) is 0. The van der Waals surface area contributed by atoms with Crippen LogP contribution in [0.25, 0.3) is 0 Å². The van der Waals surface area contributed by atoms with Gasteiger partial charge in [-0.15, -0.1) is 0 Å². The van der Waals surface area contributed by atoms with E-state index in [1.54, 1.807) is 11.0 Å². The normalized spacial score (nSPS) is 14.4. The van der Waals surface area contributed by atoms with E-state index in [-0.39, 0.29) is 6.09 Å². The summed E-state index contributed by atoms with van der Waals surface area (Å²) in [5.74, 6) is 1.32. The van der Waals surface area contributed by atoms with E-state index in [4.69, 9.17) is 9.47 Å². The summed E-state index contributed by atoms with van der Waals surface area (Å²) in [4.78, 5) is 23.1. The van der Waals surface area contributed by atoms with Crippen LogP contribution in [0.4, 0.5) is 10.6 Å². The van der Waals surface area contributed by atoms with Crippen molar-refractivity contribution < 1.29 is 14.3 Å². The van der Waals surface area contributed by atoms with Crippen LogP contribution in [0.3, 0.4) is 0 Å². The summed E-state index contributed by atoms with van der Waals surface area (Å²) >= 11 is 0. The van der Waals surface area contributed by atoms with Crippen LogP contribution in [0, 0.1) is 0 Å². The van der Waals surface area contributed by atoms with E-state index in [0.29, 0.717) is 38.7 Å². The van der Waals surface area contributed by atoms with Crippen LogP contribution in [0.1, 0.15) is 6.92 Å². The van der Waals surface area contributed by atoms with Crippen LogP contribution >= 0.6 is 0 Å². The number of aromatic nitrogens is 2. The lowest BCUT2D eigenvalue weighted by Gasteiger charge is -2.21. The van der Waals surface area contributed by atoms with Crippen molar-refractivity contribution in [1.29, 1.82) is 0 Å². The Balaban J connectivity index is 1.90. The molecule has 1 fully saturated rings. The first-order chi connectivity index (χ1) is 9.20. The fraction of sp³-hybridized carbons (Fsp3) is 0.583. The van der Waals surface area contributed by atoms with Gasteiger partial charge >= 0.3 is 6.09 Å². The second-order valence-electron chi connectivity index (χ2n) is 4.17. The quantitative estimate of drug-likeness (QED) is 0.757. The Morgan fingerprint density at radius 1 is 1.53 bits per heavy atom. The van der Waals surface area contributed by atoms with E-state index >= 15 is 0 Å². The number of carbonyl (C=O) groups is 1. The average Bonchev–Trinajstić information content (AvgIpc) is 2.82. The van der Waals surface area contributed by atoms with Crippen molar-refractivity contribution >= 4 is 11.9 Å². The summed E-state index contributed by atoms with van der Waals surface area (Å²) < 4.78 is 10.2. The fourth-order valence-electron chi connectivity index (χ4n) is 1.78. The summed E-state index contributed by atoms with van der Waals surface area (Å²) in [5.41, 5.74) is 0. The van der Waals surface area contributed by atoms with E-state index in [2.05, 4.69) is 9.97 Å². The molecule has 0 aromatic carbocycles. The second-order valence-corrected chi connectivity index (χ2v) is 4.17. The number of cyclic esters (lactones) is 1. The van der Waals surface area contributed by atoms with Crippen molar-refractivity contribution in [2.24, 2.45) is 0 Å². The highest BCUT2D eigenvalue weighted by molar-refractivity contribution is 5.69. The Morgan fingerprint density at radius 3 is 3.05 bits per heavy atom. The third-order valence-electron chi connectivity index (χ3n) is 2.86. The zero-order valence-electron chi connectivity index (χ0n) is 11.2. The summed E-state index contributed by atoms with van der Waals surface area (Å²) in [6.07, 6.45) is 1.23. The molecule has 1 amide bonds. The van der Waals surface area contributed by atoms with E-state index in [1.165, 1.54) is 6.33 Å². The van der Waals surface area contributed by atoms with Gasteiger partial charge in [-0.1, -0.05) is 0 Å². The van der Waals surface area contributed by atoms with Gasteiger partial charge in [0.2, 0.25) is 5.88 Å². The van der Waals surface area contributed by atoms with Gasteiger partial charge in [0.15, 0.2) is 0 Å². The maximum Gasteiger partial charge on any atom is 0.409 e. The van der Waals surface area contributed by atoms with Gasteiger partial charge in [0.25, 0.3) is 0 Å². The first-order valence-corrected chi connectivity index (χ1v) is 6.28. The molecule has 1 aliphatic rings. The average molecular weight is 266 g/mol. The van der Waals surface area contributed by atoms with Crippen LogP contribution in [-0.2, 0) is 4.74 Å². The van der Waals surface area contributed by atoms with Crippen LogP contribution in [0.2, 0.25) is 0 Å². The van der Waals surface area contributed by atoms with Crippen LogP contribution in [0.15, 0.2) is 12.4 Å². The van der Waals surface area contributed by atoms with Crippen molar-refractivity contribution in [2.45, 2.75) is 6.92 Å². The molecule has 1 aliphatic heterocycles. The fourth-order valence-corrected chi connectivity index (χ4v) is 1.78. The maximum atomic E-state index is 11.3. The lowest BCUT2D eigenvalue weighted by Crippen LogP contribution is -2.34. The van der Waals surface area contributed by atoms with Gasteiger partial charge in [-0.2, -0.15) is 0 Å². The Bertz CT molecular complexity index is 441. The van der Waals surface area contributed by atoms with Gasteiger partial charge in [-0.25, -0.2) is 14.8 Å². The summed E-state index contributed by atoms with van der Waals surface area (Å²) in [5, 5.41) is 0. The van der Waals surface area contributed by atoms with Gasteiger partial charge in [0, 0.05) is 26.2 Å². The molecule has 0 radical (unpaired) electrons. The third kappa shape index (κ3) is 3.46. The summed E-state index contributed by atoms with van der Waals surface area (Å²) in [6.45, 7) is 4.90. The second kappa shape index (κ2) is 6.21. The van der Waals surface area contributed by atoms with E-state index < -0.39 is 0 Å². The SMILES string of the molecule is CCOc1cc(N(C)CCN2CCOC2=O)ncn1. The molecule has 7 nitrogen and oxygen atoms in total. The van der Waals surface area contributed by atoms with Gasteiger partial charge in [-0.3, -0.25) is 0 Å². The Labute approximate surface area is 112 Å². The monoisotopic (exact) mass is 266 g/mol. The van der Waals surface area contributed by atoms with Crippen LogP contribution in [0.5, 0.6) is 5.88 Å². The molecule has 1 aromatic heterocycles. The highest BCUT2D eigenvalue weighted by Crippen LogP contribution is 2.14. The van der Waals surface area contributed by atoms with Gasteiger partial charge in [-0.05, 0) is 6.92 Å². The molecular formula is C12H18N4O3. The number of ether oxygens (including phenoxy) is 2. The zero-order chi connectivity index (χ0) is 13.7. The number of likely N-dealkylation sites (N-methyl/N-ethyl adjacent to an activating group) is 1. The number of hydrogen-bond acceptors (Lipinski definition) is 6. The van der Waals surface area contributed by atoms with Crippen molar-refractivity contribution in [3.05, 3.63) is 12.4 Å². The molecule has 104 valence electrons. The first kappa shape index (κ1) is 13.4. The number of anilines is 1. The molecular weight excluding hydrogens is 248 g/mol. The smallest absolute Gasteiger partial charge is 0.409 e. The minimum Gasteiger partial charge on any atom is -0.478 e. The molecule has 0 atom stereocenters. The highest BCUT2D eigenvalue weighted by Gasteiger charge is 2.21. The third-order valence-corrected chi connectivity index (χ3v) is 2.86. The molecule has 0 spiro atoms. The van der Waals surface area contributed by atoms with E-state index in [9.17, 15) is 4.79 Å². The minimum atomic E-state index is -0.244. The lowest BCUT2D eigenvalue weighted by molar-refractivity contribution is 0.159. The van der Waals surface area contributed by atoms with Gasteiger partial charge < -0.3 is 19.3 Å². The predicted molar refractivity (Wildman–Crippen MR) is 69.4 cm³/mol. The molecule has 19 heavy (non-hydrogen) atoms. The molecule has 7 heteroatoms. The molecule has 0 N–H and O–H groups in total. The number of nitrogens with zero attached hydrogens (tertiary/aromatic N) is 4. The molecule has 0 bridgehead atoms. The Kier molecular flexibility index (Phi) is 4.38. The number of rotatable bonds is 6. The van der Waals surface area contributed by atoms with E-state index in [1.807, 2.05) is 18.9 Å².